The van der Waals surface area contributed by atoms with Crippen LogP contribution < -0.4 is 5.32 Å². The molecule has 0 spiro atoms. The van der Waals surface area contributed by atoms with Gasteiger partial charge in [0.1, 0.15) is 5.82 Å². The number of aromatic nitrogens is 4. The van der Waals surface area contributed by atoms with Crippen molar-refractivity contribution in [1.29, 1.82) is 0 Å². The van der Waals surface area contributed by atoms with Gasteiger partial charge in [0.15, 0.2) is 0 Å². The molecule has 150 valence electrons. The van der Waals surface area contributed by atoms with Crippen LogP contribution in [0.15, 0.2) is 73.1 Å². The van der Waals surface area contributed by atoms with E-state index >= 15 is 0 Å². The second-order valence-corrected chi connectivity index (χ2v) is 7.33. The quantitative estimate of drug-likeness (QED) is 0.480. The highest BCUT2D eigenvalue weighted by atomic mass is 35.5. The molecule has 0 aliphatic carbocycles. The molecule has 4 aromatic rings. The number of amides is 1. The summed E-state index contributed by atoms with van der Waals surface area (Å²) in [6.07, 6.45) is 3.38. The molecule has 4 rings (SSSR count). The number of hydrogen-bond donors (Lipinski definition) is 2. The third-order valence-corrected chi connectivity index (χ3v) is 5.06. The van der Waals surface area contributed by atoms with Crippen molar-refractivity contribution in [3.63, 3.8) is 0 Å². The van der Waals surface area contributed by atoms with Crippen molar-refractivity contribution < 1.29 is 4.79 Å². The predicted molar refractivity (Wildman–Crippen MR) is 117 cm³/mol. The van der Waals surface area contributed by atoms with E-state index in [1.807, 2.05) is 60.7 Å². The first kappa shape index (κ1) is 19.8. The number of rotatable bonds is 6. The van der Waals surface area contributed by atoms with Crippen molar-refractivity contribution in [3.05, 3.63) is 89.5 Å². The Bertz CT molecular complexity index is 1140. The van der Waals surface area contributed by atoms with Crippen LogP contribution in [-0.4, -0.2) is 26.1 Å². The van der Waals surface area contributed by atoms with Crippen molar-refractivity contribution in [2.75, 3.05) is 0 Å². The summed E-state index contributed by atoms with van der Waals surface area (Å²) in [5, 5.41) is 10.8. The van der Waals surface area contributed by atoms with Gasteiger partial charge in [-0.05, 0) is 30.7 Å². The summed E-state index contributed by atoms with van der Waals surface area (Å²) in [5.41, 5.74) is 4.34. The van der Waals surface area contributed by atoms with E-state index in [9.17, 15) is 4.79 Å². The Hall–Kier alpha value is -3.51. The van der Waals surface area contributed by atoms with Gasteiger partial charge in [0.05, 0.1) is 23.5 Å². The normalized spacial score (nSPS) is 11.8. The van der Waals surface area contributed by atoms with Crippen LogP contribution in [0.1, 0.15) is 24.2 Å². The molecule has 30 heavy (non-hydrogen) atoms. The van der Waals surface area contributed by atoms with Gasteiger partial charge in [-0.1, -0.05) is 54.1 Å². The van der Waals surface area contributed by atoms with Crippen LogP contribution in [0, 0.1) is 0 Å². The molecule has 0 radical (unpaired) electrons. The summed E-state index contributed by atoms with van der Waals surface area (Å²) in [7, 11) is 0. The summed E-state index contributed by atoms with van der Waals surface area (Å²) in [6.45, 7) is 2.26. The monoisotopic (exact) mass is 417 g/mol. The van der Waals surface area contributed by atoms with E-state index in [1.165, 1.54) is 0 Å². The van der Waals surface area contributed by atoms with Crippen LogP contribution in [0.2, 0.25) is 5.02 Å². The summed E-state index contributed by atoms with van der Waals surface area (Å²) in [5.74, 6) is -0.151. The third kappa shape index (κ3) is 4.39. The zero-order valence-electron chi connectivity index (χ0n) is 16.3. The van der Waals surface area contributed by atoms with E-state index < -0.39 is 5.92 Å². The zero-order valence-corrected chi connectivity index (χ0v) is 17.1. The number of aromatic amines is 1. The molecule has 0 aliphatic heterocycles. The van der Waals surface area contributed by atoms with Gasteiger partial charge in [0, 0.05) is 28.9 Å². The number of nitrogens with zero attached hydrogens (tertiary/aromatic N) is 3. The molecule has 0 saturated carbocycles. The van der Waals surface area contributed by atoms with Crippen molar-refractivity contribution in [2.24, 2.45) is 0 Å². The van der Waals surface area contributed by atoms with Crippen LogP contribution in [0.5, 0.6) is 0 Å². The van der Waals surface area contributed by atoms with E-state index in [0.29, 0.717) is 23.1 Å². The molecule has 1 amide bonds. The molecular formula is C23H20ClN5O. The SMILES string of the molecule is CC(C(=O)NCc1ccccc1)c1nccc(-c2cn[nH]c2-c2ccc(Cl)cc2)n1. The second kappa shape index (κ2) is 8.88. The van der Waals surface area contributed by atoms with Crippen molar-refractivity contribution in [1.82, 2.24) is 25.5 Å². The maximum absolute atomic E-state index is 12.6. The lowest BCUT2D eigenvalue weighted by molar-refractivity contribution is -0.122. The molecule has 0 fully saturated rings. The molecule has 0 aliphatic rings. The molecule has 2 heterocycles. The number of hydrogen-bond acceptors (Lipinski definition) is 4. The highest BCUT2D eigenvalue weighted by Crippen LogP contribution is 2.30. The Balaban J connectivity index is 1.54. The van der Waals surface area contributed by atoms with E-state index in [1.54, 1.807) is 19.3 Å². The van der Waals surface area contributed by atoms with Gasteiger partial charge >= 0.3 is 0 Å². The van der Waals surface area contributed by atoms with Crippen LogP contribution in [0.4, 0.5) is 0 Å². The number of carbonyl (C=O) groups excluding carboxylic acids is 1. The highest BCUT2D eigenvalue weighted by Gasteiger charge is 2.19. The maximum atomic E-state index is 12.6. The predicted octanol–water partition coefficient (Wildman–Crippen LogP) is 4.61. The lowest BCUT2D eigenvalue weighted by Crippen LogP contribution is -2.28. The van der Waals surface area contributed by atoms with E-state index in [-0.39, 0.29) is 5.91 Å². The van der Waals surface area contributed by atoms with Gasteiger partial charge in [-0.15, -0.1) is 0 Å². The van der Waals surface area contributed by atoms with Gasteiger partial charge in [-0.25, -0.2) is 9.97 Å². The molecule has 1 unspecified atom stereocenters. The Morgan fingerprint density at radius 2 is 1.87 bits per heavy atom. The largest absolute Gasteiger partial charge is 0.351 e. The number of carbonyl (C=O) groups is 1. The van der Waals surface area contributed by atoms with E-state index in [2.05, 4.69) is 25.5 Å². The highest BCUT2D eigenvalue weighted by molar-refractivity contribution is 6.30. The van der Waals surface area contributed by atoms with Gasteiger partial charge in [-0.3, -0.25) is 9.89 Å². The van der Waals surface area contributed by atoms with E-state index in [0.717, 1.165) is 22.4 Å². The number of nitrogens with one attached hydrogen (secondary N) is 2. The van der Waals surface area contributed by atoms with Gasteiger partial charge < -0.3 is 5.32 Å². The molecule has 0 saturated heterocycles. The lowest BCUT2D eigenvalue weighted by Gasteiger charge is -2.12. The lowest BCUT2D eigenvalue weighted by atomic mass is 10.1. The number of H-pyrrole nitrogens is 1. The summed E-state index contributed by atoms with van der Waals surface area (Å²) >= 11 is 6.00. The van der Waals surface area contributed by atoms with Crippen LogP contribution in [-0.2, 0) is 11.3 Å². The van der Waals surface area contributed by atoms with Gasteiger partial charge in [-0.2, -0.15) is 5.10 Å². The summed E-state index contributed by atoms with van der Waals surface area (Å²) < 4.78 is 0. The average molecular weight is 418 g/mol. The fourth-order valence-electron chi connectivity index (χ4n) is 3.10. The fraction of sp³-hybridized carbons (Fsp3) is 0.130. The van der Waals surface area contributed by atoms with Crippen molar-refractivity contribution in [2.45, 2.75) is 19.4 Å². The smallest absolute Gasteiger partial charge is 0.230 e. The first-order valence-electron chi connectivity index (χ1n) is 9.56. The average Bonchev–Trinajstić information content (AvgIpc) is 3.28. The standard InChI is InChI=1S/C23H20ClN5O/c1-15(23(30)26-13-16-5-3-2-4-6-16)22-25-12-11-20(28-22)19-14-27-29-21(19)17-7-9-18(24)10-8-17/h2-12,14-15H,13H2,1H3,(H,26,30)(H,27,29). The van der Waals surface area contributed by atoms with Gasteiger partial charge in [0.25, 0.3) is 0 Å². The molecule has 2 aromatic heterocycles. The summed E-state index contributed by atoms with van der Waals surface area (Å²) in [4.78, 5) is 21.6. The third-order valence-electron chi connectivity index (χ3n) is 4.81. The van der Waals surface area contributed by atoms with E-state index in [4.69, 9.17) is 11.6 Å². The number of benzene rings is 2. The molecule has 6 nitrogen and oxygen atoms in total. The van der Waals surface area contributed by atoms with Gasteiger partial charge in [0.2, 0.25) is 5.91 Å². The van der Waals surface area contributed by atoms with Crippen LogP contribution in [0.25, 0.3) is 22.5 Å². The minimum atomic E-state index is -0.487. The minimum Gasteiger partial charge on any atom is -0.351 e. The van der Waals surface area contributed by atoms with Crippen molar-refractivity contribution >= 4 is 17.5 Å². The molecule has 1 atom stereocenters. The topological polar surface area (TPSA) is 83.6 Å². The maximum Gasteiger partial charge on any atom is 0.230 e. The molecular weight excluding hydrogens is 398 g/mol. The Labute approximate surface area is 179 Å². The second-order valence-electron chi connectivity index (χ2n) is 6.89. The molecule has 2 aromatic carbocycles. The van der Waals surface area contributed by atoms with Crippen LogP contribution >= 0.6 is 11.6 Å². The Morgan fingerprint density at radius 3 is 2.63 bits per heavy atom. The first-order valence-corrected chi connectivity index (χ1v) is 9.94. The molecule has 7 heteroatoms. The Morgan fingerprint density at radius 1 is 1.10 bits per heavy atom. The van der Waals surface area contributed by atoms with Crippen LogP contribution in [0.3, 0.4) is 0 Å². The number of halogens is 1. The fourth-order valence-corrected chi connectivity index (χ4v) is 3.23. The minimum absolute atomic E-state index is 0.124. The zero-order chi connectivity index (χ0) is 20.9. The molecule has 0 bridgehead atoms. The van der Waals surface area contributed by atoms with Crippen molar-refractivity contribution in [3.8, 4) is 22.5 Å². The first-order chi connectivity index (χ1) is 14.6. The molecule has 2 N–H and O–H groups in total. The summed E-state index contributed by atoms with van der Waals surface area (Å²) in [6, 6.07) is 19.1. The Kier molecular flexibility index (Phi) is 5.86.